The van der Waals surface area contributed by atoms with Crippen molar-refractivity contribution in [1.29, 1.82) is 0 Å². The zero-order valence-electron chi connectivity index (χ0n) is 13.7. The number of ether oxygens (including phenoxy) is 2. The van der Waals surface area contributed by atoms with Gasteiger partial charge in [-0.2, -0.15) is 0 Å². The van der Waals surface area contributed by atoms with E-state index in [-0.39, 0.29) is 24.2 Å². The fourth-order valence-corrected chi connectivity index (χ4v) is 4.72. The summed E-state index contributed by atoms with van der Waals surface area (Å²) >= 11 is 0. The minimum atomic E-state index is -0.328. The third kappa shape index (κ3) is 1.60. The van der Waals surface area contributed by atoms with Crippen LogP contribution in [0.3, 0.4) is 0 Å². The van der Waals surface area contributed by atoms with Gasteiger partial charge in [-0.25, -0.2) is 4.79 Å². The maximum Gasteiger partial charge on any atom is 0.329 e. The Bertz CT molecular complexity index is 871. The Labute approximate surface area is 140 Å². The largest absolute Gasteiger partial charge is 0.497 e. The highest BCUT2D eigenvalue weighted by Gasteiger charge is 2.70. The molecule has 0 radical (unpaired) electrons. The summed E-state index contributed by atoms with van der Waals surface area (Å²) < 4.78 is 10.8. The SMILES string of the molecule is C=CCOC(=O)C1c2[nH]c3ccc(OC)cc3c2C2CC23CCN13. The summed E-state index contributed by atoms with van der Waals surface area (Å²) in [6, 6.07) is 5.74. The van der Waals surface area contributed by atoms with Gasteiger partial charge in [-0.1, -0.05) is 12.7 Å². The molecule has 1 N–H and O–H groups in total. The van der Waals surface area contributed by atoms with Gasteiger partial charge >= 0.3 is 5.97 Å². The van der Waals surface area contributed by atoms with Crippen LogP contribution in [0.15, 0.2) is 30.9 Å². The molecule has 1 saturated heterocycles. The lowest BCUT2D eigenvalue weighted by Crippen LogP contribution is -2.57. The third-order valence-electron chi connectivity index (χ3n) is 5.98. The molecule has 1 aromatic heterocycles. The van der Waals surface area contributed by atoms with E-state index < -0.39 is 0 Å². The van der Waals surface area contributed by atoms with Crippen molar-refractivity contribution in [2.24, 2.45) is 0 Å². The van der Waals surface area contributed by atoms with Gasteiger partial charge in [0.2, 0.25) is 0 Å². The first-order chi connectivity index (χ1) is 11.7. The van der Waals surface area contributed by atoms with Crippen LogP contribution < -0.4 is 4.74 Å². The monoisotopic (exact) mass is 324 g/mol. The summed E-state index contributed by atoms with van der Waals surface area (Å²) in [4.78, 5) is 18.5. The van der Waals surface area contributed by atoms with Crippen LogP contribution in [0.1, 0.15) is 36.1 Å². The number of nitrogens with zero attached hydrogens (tertiary/aromatic N) is 1. The minimum Gasteiger partial charge on any atom is -0.497 e. The normalized spacial score (nSPS) is 29.9. The van der Waals surface area contributed by atoms with Gasteiger partial charge in [-0.05, 0) is 36.6 Å². The van der Waals surface area contributed by atoms with Crippen molar-refractivity contribution in [3.8, 4) is 5.75 Å². The molecular weight excluding hydrogens is 304 g/mol. The minimum absolute atomic E-state index is 0.181. The first-order valence-corrected chi connectivity index (χ1v) is 8.43. The van der Waals surface area contributed by atoms with Crippen LogP contribution in [0, 0.1) is 0 Å². The summed E-state index contributed by atoms with van der Waals surface area (Å²) in [6.07, 6.45) is 3.91. The van der Waals surface area contributed by atoms with E-state index in [2.05, 4.69) is 22.5 Å². The standard InChI is InChI=1S/C19H20N2O3/c1-3-8-24-18(22)17-16-15(13-10-19(13)6-7-21(17)19)12-9-11(23-2)4-5-14(12)20-16/h3-5,9,13,17,20H,1,6-8,10H2,2H3. The van der Waals surface area contributed by atoms with Gasteiger partial charge in [0.15, 0.2) is 0 Å². The van der Waals surface area contributed by atoms with Crippen LogP contribution in [0.25, 0.3) is 10.9 Å². The molecule has 2 fully saturated rings. The Morgan fingerprint density at radius 1 is 1.54 bits per heavy atom. The van der Waals surface area contributed by atoms with E-state index in [0.29, 0.717) is 5.92 Å². The number of hydrogen-bond donors (Lipinski definition) is 1. The molecule has 5 rings (SSSR count). The van der Waals surface area contributed by atoms with Gasteiger partial charge in [-0.15, -0.1) is 0 Å². The van der Waals surface area contributed by atoms with Gasteiger partial charge in [0, 0.05) is 34.6 Å². The van der Waals surface area contributed by atoms with E-state index >= 15 is 0 Å². The number of hydrogen-bond acceptors (Lipinski definition) is 4. The van der Waals surface area contributed by atoms with Crippen LogP contribution in [-0.4, -0.2) is 41.7 Å². The molecule has 0 bridgehead atoms. The topological polar surface area (TPSA) is 54.6 Å². The number of nitrogens with one attached hydrogen (secondary N) is 1. The molecule has 1 aromatic carbocycles. The van der Waals surface area contributed by atoms with Crippen molar-refractivity contribution in [1.82, 2.24) is 9.88 Å². The predicted octanol–water partition coefficient (Wildman–Crippen LogP) is 2.89. The molecule has 3 unspecified atom stereocenters. The van der Waals surface area contributed by atoms with E-state index in [1.165, 1.54) is 17.4 Å². The zero-order valence-corrected chi connectivity index (χ0v) is 13.7. The molecule has 1 saturated carbocycles. The molecule has 5 nitrogen and oxygen atoms in total. The van der Waals surface area contributed by atoms with Gasteiger partial charge in [0.05, 0.1) is 7.11 Å². The predicted molar refractivity (Wildman–Crippen MR) is 90.2 cm³/mol. The smallest absolute Gasteiger partial charge is 0.329 e. The molecule has 3 atom stereocenters. The molecule has 3 aliphatic rings. The molecule has 2 aliphatic heterocycles. The number of carbonyl (C=O) groups is 1. The fraction of sp³-hybridized carbons (Fsp3) is 0.421. The average Bonchev–Trinajstić information content (AvgIpc) is 3.25. The van der Waals surface area contributed by atoms with Crippen LogP contribution in [0.2, 0.25) is 0 Å². The highest BCUT2D eigenvalue weighted by Crippen LogP contribution is 2.69. The van der Waals surface area contributed by atoms with E-state index in [9.17, 15) is 4.79 Å². The number of H-pyrrole nitrogens is 1. The molecule has 3 heterocycles. The molecule has 124 valence electrons. The van der Waals surface area contributed by atoms with E-state index in [4.69, 9.17) is 9.47 Å². The van der Waals surface area contributed by atoms with Gasteiger partial charge in [0.25, 0.3) is 0 Å². The second kappa shape index (κ2) is 4.63. The Hall–Kier alpha value is -2.27. The van der Waals surface area contributed by atoms with Gasteiger partial charge in [-0.3, -0.25) is 4.90 Å². The highest BCUT2D eigenvalue weighted by atomic mass is 16.5. The summed E-state index contributed by atoms with van der Waals surface area (Å²) in [5.74, 6) is 1.19. The van der Waals surface area contributed by atoms with Gasteiger partial charge in [0.1, 0.15) is 18.4 Å². The fourth-order valence-electron chi connectivity index (χ4n) is 4.72. The second-order valence-corrected chi connectivity index (χ2v) is 6.99. The highest BCUT2D eigenvalue weighted by molar-refractivity contribution is 5.91. The number of fused-ring (bicyclic) bond motifs is 4. The Balaban J connectivity index is 1.67. The third-order valence-corrected chi connectivity index (χ3v) is 5.98. The lowest BCUT2D eigenvalue weighted by atomic mass is 9.84. The van der Waals surface area contributed by atoms with Crippen molar-refractivity contribution in [3.63, 3.8) is 0 Å². The van der Waals surface area contributed by atoms with Crippen molar-refractivity contribution in [3.05, 3.63) is 42.1 Å². The zero-order chi connectivity index (χ0) is 16.5. The Kier molecular flexibility index (Phi) is 2.72. The number of aromatic nitrogens is 1. The van der Waals surface area contributed by atoms with Crippen LogP contribution in [-0.2, 0) is 9.53 Å². The van der Waals surface area contributed by atoms with Crippen molar-refractivity contribution < 1.29 is 14.3 Å². The summed E-state index contributed by atoms with van der Waals surface area (Å²) in [7, 11) is 1.68. The lowest BCUT2D eigenvalue weighted by molar-refractivity contribution is -0.155. The van der Waals surface area contributed by atoms with Crippen molar-refractivity contribution in [2.75, 3.05) is 20.3 Å². The first-order valence-electron chi connectivity index (χ1n) is 8.43. The van der Waals surface area contributed by atoms with Crippen molar-refractivity contribution >= 4 is 16.9 Å². The first kappa shape index (κ1) is 14.1. The summed E-state index contributed by atoms with van der Waals surface area (Å²) in [5.41, 5.74) is 3.54. The lowest BCUT2D eigenvalue weighted by Gasteiger charge is -2.49. The average molecular weight is 324 g/mol. The molecule has 1 aliphatic carbocycles. The van der Waals surface area contributed by atoms with Crippen LogP contribution in [0.5, 0.6) is 5.75 Å². The van der Waals surface area contributed by atoms with E-state index in [0.717, 1.165) is 29.9 Å². The Morgan fingerprint density at radius 2 is 2.42 bits per heavy atom. The number of rotatable bonds is 4. The summed E-state index contributed by atoms with van der Waals surface area (Å²) in [5, 5.41) is 1.18. The molecule has 5 heteroatoms. The van der Waals surface area contributed by atoms with Gasteiger partial charge < -0.3 is 14.5 Å². The maximum atomic E-state index is 12.7. The maximum absolute atomic E-state index is 12.7. The van der Waals surface area contributed by atoms with Crippen LogP contribution >= 0.6 is 0 Å². The van der Waals surface area contributed by atoms with Crippen molar-refractivity contribution in [2.45, 2.75) is 30.3 Å². The number of esters is 1. The molecule has 24 heavy (non-hydrogen) atoms. The second-order valence-electron chi connectivity index (χ2n) is 6.99. The molecule has 2 aromatic rings. The number of aromatic amines is 1. The summed E-state index contributed by atoms with van der Waals surface area (Å²) in [6.45, 7) is 4.85. The number of methoxy groups -OCH3 is 1. The molecular formula is C19H20N2O3. The Morgan fingerprint density at radius 3 is 3.12 bits per heavy atom. The number of carbonyl (C=O) groups excluding carboxylic acids is 1. The van der Waals surface area contributed by atoms with Crippen LogP contribution in [0.4, 0.5) is 0 Å². The molecule has 1 spiro atoms. The van der Waals surface area contributed by atoms with E-state index in [1.807, 2.05) is 12.1 Å². The molecule has 0 amide bonds. The number of benzene rings is 1. The van der Waals surface area contributed by atoms with E-state index in [1.54, 1.807) is 13.2 Å². The quantitative estimate of drug-likeness (QED) is 0.694.